The number of para-hydroxylation sites is 1. The fourth-order valence-electron chi connectivity index (χ4n) is 2.37. The molecular weight excluding hydrogens is 401 g/mol. The van der Waals surface area contributed by atoms with Crippen molar-refractivity contribution in [2.24, 2.45) is 0 Å². The number of aromatic nitrogens is 4. The lowest BCUT2D eigenvalue weighted by Crippen LogP contribution is -2.10. The minimum Gasteiger partial charge on any atom is -0.422 e. The van der Waals surface area contributed by atoms with Crippen LogP contribution in [-0.4, -0.2) is 25.9 Å². The number of rotatable bonds is 5. The number of aryl methyl sites for hydroxylation is 2. The highest BCUT2D eigenvalue weighted by molar-refractivity contribution is 9.10. The standard InChI is InChI=1S/C16H14BrF3N4O/c1-10-8-21-15(22-9-10)25-12-5-2-4-11-13(12)24(23-14(11)17)7-3-6-16(18,19)20/h2,4-5,8-9H,3,6-7H2,1H3. The van der Waals surface area contributed by atoms with Crippen molar-refractivity contribution in [3.05, 3.63) is 40.8 Å². The van der Waals surface area contributed by atoms with Crippen LogP contribution >= 0.6 is 15.9 Å². The Morgan fingerprint density at radius 2 is 1.92 bits per heavy atom. The van der Waals surface area contributed by atoms with E-state index in [4.69, 9.17) is 4.74 Å². The second-order valence-electron chi connectivity index (χ2n) is 5.53. The summed E-state index contributed by atoms with van der Waals surface area (Å²) in [5.41, 5.74) is 1.49. The smallest absolute Gasteiger partial charge is 0.389 e. The molecule has 3 rings (SSSR count). The van der Waals surface area contributed by atoms with Crippen LogP contribution in [0, 0.1) is 6.92 Å². The molecule has 0 unspecified atom stereocenters. The van der Waals surface area contributed by atoms with Gasteiger partial charge in [-0.05, 0) is 47.0 Å². The summed E-state index contributed by atoms with van der Waals surface area (Å²) < 4.78 is 45.0. The lowest BCUT2D eigenvalue weighted by molar-refractivity contribution is -0.135. The molecule has 3 aromatic rings. The van der Waals surface area contributed by atoms with E-state index in [1.165, 1.54) is 4.68 Å². The first-order chi connectivity index (χ1) is 11.8. The molecule has 0 aliphatic heterocycles. The summed E-state index contributed by atoms with van der Waals surface area (Å²) >= 11 is 3.34. The zero-order valence-corrected chi connectivity index (χ0v) is 14.8. The van der Waals surface area contributed by atoms with Gasteiger partial charge >= 0.3 is 12.2 Å². The van der Waals surface area contributed by atoms with Gasteiger partial charge < -0.3 is 4.74 Å². The van der Waals surface area contributed by atoms with E-state index in [9.17, 15) is 13.2 Å². The Balaban J connectivity index is 1.91. The second kappa shape index (κ2) is 6.99. The van der Waals surface area contributed by atoms with Crippen molar-refractivity contribution in [3.8, 4) is 11.8 Å². The molecule has 25 heavy (non-hydrogen) atoms. The predicted octanol–water partition coefficient (Wildman–Crippen LogP) is 5.03. The highest BCUT2D eigenvalue weighted by atomic mass is 79.9. The van der Waals surface area contributed by atoms with Crippen molar-refractivity contribution >= 4 is 26.8 Å². The van der Waals surface area contributed by atoms with Gasteiger partial charge in [-0.25, -0.2) is 9.97 Å². The molecule has 132 valence electrons. The van der Waals surface area contributed by atoms with Crippen LogP contribution in [0.5, 0.6) is 11.8 Å². The molecular formula is C16H14BrF3N4O. The van der Waals surface area contributed by atoms with Crippen molar-refractivity contribution in [1.82, 2.24) is 19.7 Å². The van der Waals surface area contributed by atoms with Gasteiger partial charge in [0.15, 0.2) is 5.75 Å². The molecule has 1 aromatic carbocycles. The number of nitrogens with zero attached hydrogens (tertiary/aromatic N) is 4. The number of ether oxygens (including phenoxy) is 1. The van der Waals surface area contributed by atoms with Gasteiger partial charge in [0.05, 0.1) is 0 Å². The van der Waals surface area contributed by atoms with E-state index < -0.39 is 12.6 Å². The van der Waals surface area contributed by atoms with Gasteiger partial charge in [-0.15, -0.1) is 0 Å². The third-order valence-electron chi connectivity index (χ3n) is 3.48. The van der Waals surface area contributed by atoms with Crippen molar-refractivity contribution < 1.29 is 17.9 Å². The van der Waals surface area contributed by atoms with Gasteiger partial charge in [0.1, 0.15) is 10.1 Å². The van der Waals surface area contributed by atoms with E-state index in [1.54, 1.807) is 24.5 Å². The van der Waals surface area contributed by atoms with Gasteiger partial charge in [0, 0.05) is 30.7 Å². The Kier molecular flexibility index (Phi) is 4.94. The maximum atomic E-state index is 12.4. The van der Waals surface area contributed by atoms with Crippen LogP contribution < -0.4 is 4.74 Å². The van der Waals surface area contributed by atoms with Crippen molar-refractivity contribution in [1.29, 1.82) is 0 Å². The molecule has 0 bridgehead atoms. The number of halogens is 4. The van der Waals surface area contributed by atoms with Gasteiger partial charge in [-0.1, -0.05) is 6.07 Å². The number of fused-ring (bicyclic) bond motifs is 1. The molecule has 2 heterocycles. The first kappa shape index (κ1) is 17.7. The summed E-state index contributed by atoms with van der Waals surface area (Å²) in [5, 5.41) is 5.02. The third-order valence-corrected chi connectivity index (χ3v) is 4.06. The largest absolute Gasteiger partial charge is 0.422 e. The molecule has 0 aliphatic rings. The minimum atomic E-state index is -4.19. The van der Waals surface area contributed by atoms with Crippen LogP contribution in [0.4, 0.5) is 13.2 Å². The quantitative estimate of drug-likeness (QED) is 0.587. The summed E-state index contributed by atoms with van der Waals surface area (Å²) in [6.07, 6.45) is -1.87. The monoisotopic (exact) mass is 414 g/mol. The maximum absolute atomic E-state index is 12.4. The molecule has 5 nitrogen and oxygen atoms in total. The Hall–Kier alpha value is -2.16. The highest BCUT2D eigenvalue weighted by Crippen LogP contribution is 2.33. The number of benzene rings is 1. The molecule has 9 heteroatoms. The van der Waals surface area contributed by atoms with Gasteiger partial charge in [0.2, 0.25) is 0 Å². The summed E-state index contributed by atoms with van der Waals surface area (Å²) in [4.78, 5) is 8.18. The lowest BCUT2D eigenvalue weighted by atomic mass is 10.2. The summed E-state index contributed by atoms with van der Waals surface area (Å²) in [5.74, 6) is 0.437. The van der Waals surface area contributed by atoms with Crippen LogP contribution in [0.1, 0.15) is 18.4 Å². The zero-order valence-electron chi connectivity index (χ0n) is 13.2. The molecule has 0 spiro atoms. The summed E-state index contributed by atoms with van der Waals surface area (Å²) in [7, 11) is 0. The molecule has 0 amide bonds. The van der Waals surface area contributed by atoms with E-state index in [0.717, 1.165) is 10.9 Å². The number of hydrogen-bond acceptors (Lipinski definition) is 4. The fraction of sp³-hybridized carbons (Fsp3) is 0.312. The van der Waals surface area contributed by atoms with E-state index in [0.29, 0.717) is 15.9 Å². The summed E-state index contributed by atoms with van der Waals surface area (Å²) in [6.45, 7) is 1.98. The number of alkyl halides is 3. The molecule has 0 atom stereocenters. The Labute approximate surface area is 150 Å². The third kappa shape index (κ3) is 4.28. The molecule has 0 fully saturated rings. The Morgan fingerprint density at radius 3 is 2.60 bits per heavy atom. The normalized spacial score (nSPS) is 11.9. The Bertz CT molecular complexity index is 877. The number of hydrogen-bond donors (Lipinski definition) is 0. The molecule has 0 saturated heterocycles. The summed E-state index contributed by atoms with van der Waals surface area (Å²) in [6, 6.07) is 5.46. The van der Waals surface area contributed by atoms with E-state index in [1.807, 2.05) is 13.0 Å². The SMILES string of the molecule is Cc1cnc(Oc2cccc3c(Br)nn(CCCC(F)(F)F)c23)nc1. The molecule has 0 saturated carbocycles. The first-order valence-corrected chi connectivity index (χ1v) is 8.31. The lowest BCUT2D eigenvalue weighted by Gasteiger charge is -2.09. The van der Waals surface area contributed by atoms with E-state index in [-0.39, 0.29) is 19.0 Å². The molecule has 0 aliphatic carbocycles. The average molecular weight is 415 g/mol. The fourth-order valence-corrected chi connectivity index (χ4v) is 2.88. The van der Waals surface area contributed by atoms with Crippen LogP contribution in [0.25, 0.3) is 10.9 Å². The topological polar surface area (TPSA) is 52.8 Å². The molecule has 2 aromatic heterocycles. The zero-order chi connectivity index (χ0) is 18.0. The first-order valence-electron chi connectivity index (χ1n) is 7.52. The maximum Gasteiger partial charge on any atom is 0.389 e. The van der Waals surface area contributed by atoms with Crippen LogP contribution in [0.3, 0.4) is 0 Å². The molecule has 0 radical (unpaired) electrons. The Morgan fingerprint density at radius 1 is 1.20 bits per heavy atom. The van der Waals surface area contributed by atoms with Crippen LogP contribution in [0.2, 0.25) is 0 Å². The van der Waals surface area contributed by atoms with Crippen molar-refractivity contribution in [3.63, 3.8) is 0 Å². The second-order valence-corrected chi connectivity index (χ2v) is 6.28. The predicted molar refractivity (Wildman–Crippen MR) is 89.6 cm³/mol. The van der Waals surface area contributed by atoms with Gasteiger partial charge in [-0.3, -0.25) is 4.68 Å². The van der Waals surface area contributed by atoms with E-state index >= 15 is 0 Å². The highest BCUT2D eigenvalue weighted by Gasteiger charge is 2.26. The minimum absolute atomic E-state index is 0.0674. The van der Waals surface area contributed by atoms with Crippen LogP contribution in [-0.2, 0) is 6.54 Å². The van der Waals surface area contributed by atoms with E-state index in [2.05, 4.69) is 31.0 Å². The molecule has 0 N–H and O–H groups in total. The van der Waals surface area contributed by atoms with Crippen molar-refractivity contribution in [2.75, 3.05) is 0 Å². The average Bonchev–Trinajstić information content (AvgIpc) is 2.86. The van der Waals surface area contributed by atoms with Gasteiger partial charge in [-0.2, -0.15) is 18.3 Å². The van der Waals surface area contributed by atoms with Crippen LogP contribution in [0.15, 0.2) is 35.2 Å². The van der Waals surface area contributed by atoms with Gasteiger partial charge in [0.25, 0.3) is 0 Å². The van der Waals surface area contributed by atoms with Crippen molar-refractivity contribution in [2.45, 2.75) is 32.5 Å².